The number of hydrogen-bond donors (Lipinski definition) is 3. The number of nitrogens with zero attached hydrogens (tertiary/aromatic N) is 1. The van der Waals surface area contributed by atoms with Crippen molar-refractivity contribution in [3.05, 3.63) is 76.1 Å². The zero-order valence-electron chi connectivity index (χ0n) is 15.1. The Morgan fingerprint density at radius 3 is 2.50 bits per heavy atom. The molecule has 0 aliphatic carbocycles. The van der Waals surface area contributed by atoms with E-state index < -0.39 is 17.7 Å². The summed E-state index contributed by atoms with van der Waals surface area (Å²) >= 11 is 11.7. The quantitative estimate of drug-likeness (QED) is 0.303. The average molecular weight is 449 g/mol. The van der Waals surface area contributed by atoms with Crippen molar-refractivity contribution in [3.8, 4) is 0 Å². The van der Waals surface area contributed by atoms with Crippen LogP contribution in [0, 0.1) is 0 Å². The number of hydrazone groups is 1. The molecule has 11 heteroatoms. The van der Waals surface area contributed by atoms with E-state index in [4.69, 9.17) is 32.0 Å². The Balaban J connectivity index is 1.47. The predicted octanol–water partition coefficient (Wildman–Crippen LogP) is 3.20. The molecular weight excluding hydrogens is 435 g/mol. The molecule has 0 saturated heterocycles. The fourth-order valence-corrected chi connectivity index (χ4v) is 2.76. The third-order valence-electron chi connectivity index (χ3n) is 3.54. The lowest BCUT2D eigenvalue weighted by molar-refractivity contribution is -0.136. The minimum Gasteiger partial charge on any atom is -0.459 e. The Morgan fingerprint density at radius 2 is 1.80 bits per heavy atom. The highest BCUT2D eigenvalue weighted by Gasteiger charge is 2.15. The van der Waals surface area contributed by atoms with Crippen molar-refractivity contribution >= 4 is 52.8 Å². The van der Waals surface area contributed by atoms with Crippen molar-refractivity contribution < 1.29 is 23.2 Å². The van der Waals surface area contributed by atoms with E-state index in [2.05, 4.69) is 21.2 Å². The van der Waals surface area contributed by atoms with Gasteiger partial charge in [0.1, 0.15) is 11.5 Å². The number of amides is 3. The Bertz CT molecular complexity index is 1070. The molecule has 0 aliphatic heterocycles. The number of halogens is 2. The van der Waals surface area contributed by atoms with Crippen LogP contribution in [-0.2, 0) is 16.1 Å². The second kappa shape index (κ2) is 9.77. The first-order chi connectivity index (χ1) is 14.4. The van der Waals surface area contributed by atoms with E-state index in [1.165, 1.54) is 36.7 Å². The number of nitrogens with one attached hydrogen (secondary N) is 3. The monoisotopic (exact) mass is 448 g/mol. The maximum absolute atomic E-state index is 12.0. The topological polar surface area (TPSA) is 126 Å². The van der Waals surface area contributed by atoms with Crippen molar-refractivity contribution in [1.82, 2.24) is 10.7 Å². The summed E-state index contributed by atoms with van der Waals surface area (Å²) in [5, 5.41) is 9.20. The molecule has 0 radical (unpaired) electrons. The predicted molar refractivity (Wildman–Crippen MR) is 109 cm³/mol. The number of hydrogen-bond acceptors (Lipinski definition) is 6. The van der Waals surface area contributed by atoms with Gasteiger partial charge in [0.2, 0.25) is 0 Å². The van der Waals surface area contributed by atoms with Gasteiger partial charge >= 0.3 is 17.7 Å². The first-order valence-corrected chi connectivity index (χ1v) is 9.17. The molecule has 3 aromatic rings. The fraction of sp³-hybridized carbons (Fsp3) is 0.0526. The van der Waals surface area contributed by atoms with Crippen molar-refractivity contribution in [3.63, 3.8) is 0 Å². The molecule has 0 atom stereocenters. The van der Waals surface area contributed by atoms with Crippen LogP contribution in [0.3, 0.4) is 0 Å². The van der Waals surface area contributed by atoms with Gasteiger partial charge in [0.15, 0.2) is 5.76 Å². The Hall–Kier alpha value is -3.56. The van der Waals surface area contributed by atoms with Crippen molar-refractivity contribution in [2.24, 2.45) is 5.10 Å². The first-order valence-electron chi connectivity index (χ1n) is 8.41. The number of furan rings is 2. The van der Waals surface area contributed by atoms with Crippen LogP contribution in [0.4, 0.5) is 5.69 Å². The van der Waals surface area contributed by atoms with Crippen LogP contribution in [0.2, 0.25) is 10.0 Å². The average Bonchev–Trinajstić information content (AvgIpc) is 3.37. The molecule has 0 unspecified atom stereocenters. The van der Waals surface area contributed by atoms with Gasteiger partial charge in [0, 0.05) is 15.7 Å². The number of rotatable bonds is 6. The highest BCUT2D eigenvalue weighted by atomic mass is 35.5. The van der Waals surface area contributed by atoms with Crippen LogP contribution in [0.5, 0.6) is 0 Å². The normalized spacial score (nSPS) is 10.7. The lowest BCUT2D eigenvalue weighted by Gasteiger charge is -2.06. The smallest absolute Gasteiger partial charge is 0.313 e. The van der Waals surface area contributed by atoms with E-state index in [9.17, 15) is 14.4 Å². The SMILES string of the molecule is O=C(NCc1ccc(/C=N\NC(=O)c2ccco2)o1)C(=O)Nc1cc(Cl)cc(Cl)c1. The summed E-state index contributed by atoms with van der Waals surface area (Å²) in [6.07, 6.45) is 2.65. The van der Waals surface area contributed by atoms with Crippen LogP contribution in [0.15, 0.2) is 62.7 Å². The van der Waals surface area contributed by atoms with Gasteiger partial charge in [-0.3, -0.25) is 14.4 Å². The molecule has 0 bridgehead atoms. The summed E-state index contributed by atoms with van der Waals surface area (Å²) in [6, 6.07) is 10.7. The third-order valence-corrected chi connectivity index (χ3v) is 3.97. The maximum atomic E-state index is 12.0. The summed E-state index contributed by atoms with van der Waals surface area (Å²) < 4.78 is 10.4. The zero-order valence-corrected chi connectivity index (χ0v) is 16.7. The lowest BCUT2D eigenvalue weighted by Crippen LogP contribution is -2.34. The minimum atomic E-state index is -0.887. The largest absolute Gasteiger partial charge is 0.459 e. The molecule has 154 valence electrons. The van der Waals surface area contributed by atoms with Gasteiger partial charge < -0.3 is 19.5 Å². The third kappa shape index (κ3) is 5.97. The maximum Gasteiger partial charge on any atom is 0.313 e. The molecule has 0 fully saturated rings. The van der Waals surface area contributed by atoms with Gasteiger partial charge in [-0.1, -0.05) is 23.2 Å². The van der Waals surface area contributed by atoms with Crippen LogP contribution < -0.4 is 16.1 Å². The van der Waals surface area contributed by atoms with E-state index in [0.29, 0.717) is 27.3 Å². The Morgan fingerprint density at radius 1 is 1.03 bits per heavy atom. The number of benzene rings is 1. The molecule has 0 spiro atoms. The van der Waals surface area contributed by atoms with Crippen LogP contribution in [-0.4, -0.2) is 23.9 Å². The summed E-state index contributed by atoms with van der Waals surface area (Å²) in [5.74, 6) is -1.45. The van der Waals surface area contributed by atoms with Gasteiger partial charge in [-0.05, 0) is 42.5 Å². The molecule has 3 amide bonds. The van der Waals surface area contributed by atoms with E-state index in [-0.39, 0.29) is 12.3 Å². The Labute approximate surface area is 180 Å². The van der Waals surface area contributed by atoms with Crippen LogP contribution in [0.25, 0.3) is 0 Å². The molecule has 30 heavy (non-hydrogen) atoms. The van der Waals surface area contributed by atoms with E-state index in [1.807, 2.05) is 0 Å². The summed E-state index contributed by atoms with van der Waals surface area (Å²) in [5.41, 5.74) is 2.57. The standard InChI is InChI=1S/C19H14Cl2N4O5/c20-11-6-12(21)8-13(7-11)24-19(28)18(27)22-9-14-3-4-15(30-14)10-23-25-17(26)16-2-1-5-29-16/h1-8,10H,9H2,(H,22,27)(H,24,28)(H,25,26)/b23-10-. The van der Waals surface area contributed by atoms with Gasteiger partial charge in [0.25, 0.3) is 0 Å². The van der Waals surface area contributed by atoms with Gasteiger partial charge in [-0.2, -0.15) is 5.10 Å². The molecule has 3 N–H and O–H groups in total. The number of carbonyl (C=O) groups excluding carboxylic acids is 3. The number of anilines is 1. The molecule has 2 aromatic heterocycles. The summed E-state index contributed by atoms with van der Waals surface area (Å²) in [7, 11) is 0. The van der Waals surface area contributed by atoms with Crippen molar-refractivity contribution in [1.29, 1.82) is 0 Å². The Kier molecular flexibility index (Phi) is 6.89. The molecule has 1 aromatic carbocycles. The molecule has 9 nitrogen and oxygen atoms in total. The van der Waals surface area contributed by atoms with E-state index in [0.717, 1.165) is 0 Å². The van der Waals surface area contributed by atoms with E-state index in [1.54, 1.807) is 18.2 Å². The second-order valence-electron chi connectivity index (χ2n) is 5.78. The van der Waals surface area contributed by atoms with E-state index >= 15 is 0 Å². The molecule has 0 aliphatic rings. The van der Waals surface area contributed by atoms with Gasteiger partial charge in [0.05, 0.1) is 19.0 Å². The first kappa shape index (κ1) is 21.2. The second-order valence-corrected chi connectivity index (χ2v) is 6.65. The van der Waals surface area contributed by atoms with Gasteiger partial charge in [-0.25, -0.2) is 5.43 Å². The molecule has 2 heterocycles. The van der Waals surface area contributed by atoms with Crippen LogP contribution >= 0.6 is 23.2 Å². The highest BCUT2D eigenvalue weighted by Crippen LogP contribution is 2.22. The highest BCUT2D eigenvalue weighted by molar-refractivity contribution is 6.40. The zero-order chi connectivity index (χ0) is 21.5. The lowest BCUT2D eigenvalue weighted by atomic mass is 10.3. The van der Waals surface area contributed by atoms with Crippen LogP contribution in [0.1, 0.15) is 22.1 Å². The number of carbonyl (C=O) groups is 3. The molecule has 0 saturated carbocycles. The summed E-state index contributed by atoms with van der Waals surface area (Å²) in [4.78, 5) is 35.6. The van der Waals surface area contributed by atoms with Crippen molar-refractivity contribution in [2.75, 3.05) is 5.32 Å². The molecule has 3 rings (SSSR count). The van der Waals surface area contributed by atoms with Crippen molar-refractivity contribution in [2.45, 2.75) is 6.54 Å². The molecular formula is C19H14Cl2N4O5. The van der Waals surface area contributed by atoms with Gasteiger partial charge in [-0.15, -0.1) is 0 Å². The summed E-state index contributed by atoms with van der Waals surface area (Å²) in [6.45, 7) is -0.0326. The minimum absolute atomic E-state index is 0.0326. The fourth-order valence-electron chi connectivity index (χ4n) is 2.24.